The molecule has 4 unspecified atom stereocenters. The standard InChI is InChI=1S/C46H106O13Si6/c1-19-23-27-31-35-39-43(62(47-5,48-6)49-7)60(17,18)59-61(44(40-36-32-28-24-20-2)63(50-8,51-9)52-10,45(41-37-33-29-25-21-3)64(53-11,54-12)55-13)46(42-38-34-30-26-22-4)65(56-14,57-15)58-16/h43-46H,19-42H2,1-18H3. The van der Waals surface area contributed by atoms with Crippen LogP contribution in [0.1, 0.15) is 182 Å². The smallest absolute Gasteiger partial charge is 0.454 e. The summed E-state index contributed by atoms with van der Waals surface area (Å²) < 4.78 is 89.8. The lowest BCUT2D eigenvalue weighted by atomic mass is 10.1. The SMILES string of the molecule is CCCCCCCC([Si](C)(C)O[Si](C(CCCCCCC)[Si](OC)(OC)OC)(C(CCCCCCC)[Si](OC)(OC)OC)C(CCCCCCC)[Si](OC)(OC)OC)[Si](OC)(OC)OC. The maximum atomic E-state index is 8.89. The summed E-state index contributed by atoms with van der Waals surface area (Å²) in [5, 5.41) is -1.14. The fraction of sp³-hybridized carbons (Fsp3) is 1.00. The third kappa shape index (κ3) is 18.1. The first kappa shape index (κ1) is 65.8. The molecule has 0 saturated heterocycles. The van der Waals surface area contributed by atoms with Crippen LogP contribution in [0.2, 0.25) is 33.8 Å². The zero-order valence-corrected chi connectivity index (χ0v) is 51.6. The molecular weight excluding hydrogens is 929 g/mol. The Morgan fingerprint density at radius 2 is 0.446 bits per heavy atom. The van der Waals surface area contributed by atoms with Crippen LogP contribution < -0.4 is 0 Å². The van der Waals surface area contributed by atoms with Crippen molar-refractivity contribution in [3.63, 3.8) is 0 Å². The molecule has 0 spiro atoms. The van der Waals surface area contributed by atoms with Crippen LogP contribution in [0.15, 0.2) is 0 Å². The van der Waals surface area contributed by atoms with Gasteiger partial charge in [-0.15, -0.1) is 0 Å². The van der Waals surface area contributed by atoms with Crippen LogP contribution in [0.4, 0.5) is 0 Å². The van der Waals surface area contributed by atoms with Crippen molar-refractivity contribution in [1.82, 2.24) is 0 Å². The lowest BCUT2D eigenvalue weighted by Crippen LogP contribution is -2.76. The Hall–Kier alpha value is 0.781. The molecular formula is C46H106O13Si6. The van der Waals surface area contributed by atoms with E-state index in [4.69, 9.17) is 57.2 Å². The average molecular weight is 1040 g/mol. The molecule has 0 N–H and O–H groups in total. The zero-order chi connectivity index (χ0) is 49.5. The van der Waals surface area contributed by atoms with Gasteiger partial charge in [-0.3, -0.25) is 0 Å². The van der Waals surface area contributed by atoms with Crippen LogP contribution in [0.25, 0.3) is 0 Å². The van der Waals surface area contributed by atoms with Gasteiger partial charge in [0.15, 0.2) is 8.32 Å². The maximum Gasteiger partial charge on any atom is 0.502 e. The van der Waals surface area contributed by atoms with Gasteiger partial charge < -0.3 is 57.2 Å². The van der Waals surface area contributed by atoms with Crippen molar-refractivity contribution in [3.05, 3.63) is 0 Å². The molecule has 0 radical (unpaired) electrons. The first-order valence-electron chi connectivity index (χ1n) is 25.5. The molecule has 0 bridgehead atoms. The summed E-state index contributed by atoms with van der Waals surface area (Å²) in [6.07, 6.45) is 25.0. The van der Waals surface area contributed by atoms with Gasteiger partial charge in [-0.25, -0.2) is 0 Å². The van der Waals surface area contributed by atoms with Gasteiger partial charge in [-0.2, -0.15) is 0 Å². The van der Waals surface area contributed by atoms with Crippen molar-refractivity contribution in [1.29, 1.82) is 0 Å². The van der Waals surface area contributed by atoms with Gasteiger partial charge in [-0.05, 0) is 38.8 Å². The van der Waals surface area contributed by atoms with E-state index in [1.54, 1.807) is 85.3 Å². The second-order valence-electron chi connectivity index (χ2n) is 18.4. The van der Waals surface area contributed by atoms with Crippen LogP contribution in [0.5, 0.6) is 0 Å². The third-order valence-corrected chi connectivity index (χ3v) is 45.8. The largest absolute Gasteiger partial charge is 0.502 e. The normalized spacial score (nSPS) is 16.2. The molecule has 0 aliphatic carbocycles. The van der Waals surface area contributed by atoms with E-state index in [0.29, 0.717) is 0 Å². The summed E-state index contributed by atoms with van der Waals surface area (Å²) >= 11 is 0. The number of hydrogen-bond donors (Lipinski definition) is 0. The lowest BCUT2D eigenvalue weighted by Gasteiger charge is -2.59. The second-order valence-corrected chi connectivity index (χ2v) is 41.8. The van der Waals surface area contributed by atoms with Gasteiger partial charge in [0.05, 0.1) is 0 Å². The summed E-state index contributed by atoms with van der Waals surface area (Å²) in [6.45, 7) is 13.8. The summed E-state index contributed by atoms with van der Waals surface area (Å²) in [5.41, 5.74) is 0. The number of hydrogen-bond acceptors (Lipinski definition) is 13. The molecule has 13 nitrogen and oxygen atoms in total. The zero-order valence-electron chi connectivity index (χ0n) is 45.6. The van der Waals surface area contributed by atoms with E-state index >= 15 is 0 Å². The van der Waals surface area contributed by atoms with Crippen molar-refractivity contribution in [2.75, 3.05) is 85.3 Å². The Morgan fingerprint density at radius 3 is 0.646 bits per heavy atom. The molecule has 4 atom stereocenters. The van der Waals surface area contributed by atoms with Crippen molar-refractivity contribution < 1.29 is 57.2 Å². The predicted octanol–water partition coefficient (Wildman–Crippen LogP) is 12.7. The van der Waals surface area contributed by atoms with Crippen LogP contribution >= 0.6 is 0 Å². The Balaban J connectivity index is 9.59. The van der Waals surface area contributed by atoms with E-state index in [9.17, 15) is 0 Å². The maximum absolute atomic E-state index is 8.89. The highest BCUT2D eigenvalue weighted by molar-refractivity contribution is 7.07. The Labute approximate surface area is 408 Å². The molecule has 0 aliphatic heterocycles. The molecule has 0 aromatic heterocycles. The van der Waals surface area contributed by atoms with Gasteiger partial charge in [-0.1, -0.05) is 156 Å². The van der Waals surface area contributed by atoms with Gasteiger partial charge >= 0.3 is 35.2 Å². The van der Waals surface area contributed by atoms with Crippen molar-refractivity contribution >= 4 is 51.9 Å². The van der Waals surface area contributed by atoms with Crippen LogP contribution in [0, 0.1) is 0 Å². The minimum absolute atomic E-state index is 0.139. The van der Waals surface area contributed by atoms with E-state index in [-0.39, 0.29) is 20.7 Å². The van der Waals surface area contributed by atoms with Gasteiger partial charge in [0.2, 0.25) is 8.32 Å². The van der Waals surface area contributed by atoms with E-state index in [1.165, 1.54) is 38.5 Å². The van der Waals surface area contributed by atoms with Crippen molar-refractivity contribution in [2.24, 2.45) is 0 Å². The first-order chi connectivity index (χ1) is 31.2. The topological polar surface area (TPSA) is 120 Å². The third-order valence-electron chi connectivity index (χ3n) is 14.4. The molecule has 0 fully saturated rings. The highest BCUT2D eigenvalue weighted by Gasteiger charge is 2.77. The molecule has 0 aromatic carbocycles. The molecule has 0 rings (SSSR count). The summed E-state index contributed by atoms with van der Waals surface area (Å²) in [4.78, 5) is 0. The quantitative estimate of drug-likeness (QED) is 0.0425. The molecule has 392 valence electrons. The van der Waals surface area contributed by atoms with Gasteiger partial charge in [0, 0.05) is 106 Å². The van der Waals surface area contributed by atoms with Crippen LogP contribution in [-0.4, -0.2) is 137 Å². The summed E-state index contributed by atoms with van der Waals surface area (Å²) in [6, 6.07) is 0. The van der Waals surface area contributed by atoms with Crippen LogP contribution in [-0.2, 0) is 57.2 Å². The lowest BCUT2D eigenvalue weighted by molar-refractivity contribution is 0.101. The van der Waals surface area contributed by atoms with E-state index in [1.807, 2.05) is 0 Å². The van der Waals surface area contributed by atoms with Crippen molar-refractivity contribution in [2.45, 2.75) is 216 Å². The Morgan fingerprint density at radius 1 is 0.262 bits per heavy atom. The molecule has 0 aromatic rings. The number of rotatable bonds is 46. The monoisotopic (exact) mass is 1030 g/mol. The van der Waals surface area contributed by atoms with Gasteiger partial charge in [0.1, 0.15) is 0 Å². The number of unbranched alkanes of at least 4 members (excludes halogenated alkanes) is 16. The summed E-state index contributed by atoms with van der Waals surface area (Å²) in [5.74, 6) is 0. The minimum atomic E-state index is -3.88. The second kappa shape index (κ2) is 35.8. The molecule has 0 saturated carbocycles. The molecule has 0 aliphatic rings. The fourth-order valence-electron chi connectivity index (χ4n) is 11.0. The fourth-order valence-corrected chi connectivity index (χ4v) is 50.4. The molecule has 0 heterocycles. The molecule has 19 heteroatoms. The Bertz CT molecular complexity index is 1010. The molecule has 0 amide bonds. The van der Waals surface area contributed by atoms with E-state index in [2.05, 4.69) is 40.8 Å². The summed E-state index contributed by atoms with van der Waals surface area (Å²) in [7, 11) is -0.457. The first-order valence-corrected chi connectivity index (χ1v) is 37.9. The van der Waals surface area contributed by atoms with E-state index in [0.717, 1.165) is 116 Å². The molecule has 65 heavy (non-hydrogen) atoms. The Kier molecular flexibility index (Phi) is 36.2. The van der Waals surface area contributed by atoms with Crippen molar-refractivity contribution in [3.8, 4) is 0 Å². The minimum Gasteiger partial charge on any atom is -0.454 e. The van der Waals surface area contributed by atoms with Crippen LogP contribution in [0.3, 0.4) is 0 Å². The average Bonchev–Trinajstić information content (AvgIpc) is 3.33. The highest BCUT2D eigenvalue weighted by Crippen LogP contribution is 2.61. The highest BCUT2D eigenvalue weighted by atomic mass is 28.5. The van der Waals surface area contributed by atoms with E-state index < -0.39 is 51.9 Å². The predicted molar refractivity (Wildman–Crippen MR) is 280 cm³/mol. The van der Waals surface area contributed by atoms with Gasteiger partial charge in [0.25, 0.3) is 0 Å².